The fourth-order valence-electron chi connectivity index (χ4n) is 1.25. The normalized spacial score (nSPS) is 13.4. The molecule has 0 fully saturated rings. The van der Waals surface area contributed by atoms with Crippen molar-refractivity contribution in [2.45, 2.75) is 26.8 Å². The highest BCUT2D eigenvalue weighted by molar-refractivity contribution is 5.77. The maximum atomic E-state index is 11.1. The topological polar surface area (TPSA) is 64.3 Å². The maximum Gasteiger partial charge on any atom is 0.234 e. The number of hydrogen-bond acceptors (Lipinski definition) is 3. The van der Waals surface area contributed by atoms with Crippen LogP contribution < -0.4 is 11.1 Å². The number of hydrogen-bond donors (Lipinski definition) is 2. The van der Waals surface area contributed by atoms with E-state index in [1.165, 1.54) is 0 Å². The summed E-state index contributed by atoms with van der Waals surface area (Å²) >= 11 is 0. The standard InChI is InChI=1S/C13H22N2O2/c1-6-10(4)13(9(2)3)17-8-11(5)15-12(16)7-14/h6,11H,1-2,7-8,14H2,3-5H3,(H,15,16)/b13-10+. The van der Waals surface area contributed by atoms with Crippen molar-refractivity contribution >= 4 is 5.91 Å². The number of allylic oxidation sites excluding steroid dienone is 3. The minimum atomic E-state index is -0.192. The van der Waals surface area contributed by atoms with Gasteiger partial charge in [-0.1, -0.05) is 19.2 Å². The predicted molar refractivity (Wildman–Crippen MR) is 70.3 cm³/mol. The number of amides is 1. The molecule has 0 rings (SSSR count). The molecular weight excluding hydrogens is 216 g/mol. The largest absolute Gasteiger partial charge is 0.491 e. The number of carbonyl (C=O) groups is 1. The highest BCUT2D eigenvalue weighted by Crippen LogP contribution is 2.15. The molecular formula is C13H22N2O2. The van der Waals surface area contributed by atoms with Crippen molar-refractivity contribution in [1.29, 1.82) is 0 Å². The van der Waals surface area contributed by atoms with E-state index >= 15 is 0 Å². The zero-order valence-corrected chi connectivity index (χ0v) is 10.9. The lowest BCUT2D eigenvalue weighted by Crippen LogP contribution is -2.39. The SMILES string of the molecule is C=C/C(C)=C(/OCC(C)NC(=O)CN)C(=C)C. The molecule has 1 atom stereocenters. The molecule has 0 aromatic heterocycles. The Morgan fingerprint density at radius 2 is 2.12 bits per heavy atom. The second-order valence-corrected chi connectivity index (χ2v) is 3.98. The van der Waals surface area contributed by atoms with Gasteiger partial charge in [0.2, 0.25) is 5.91 Å². The molecule has 0 aliphatic heterocycles. The summed E-state index contributed by atoms with van der Waals surface area (Å²) in [5, 5.41) is 2.71. The number of nitrogens with one attached hydrogen (secondary N) is 1. The van der Waals surface area contributed by atoms with E-state index in [1.807, 2.05) is 20.8 Å². The van der Waals surface area contributed by atoms with E-state index in [0.717, 1.165) is 11.1 Å². The summed E-state index contributed by atoms with van der Waals surface area (Å²) in [7, 11) is 0. The van der Waals surface area contributed by atoms with Gasteiger partial charge in [0.1, 0.15) is 12.4 Å². The van der Waals surface area contributed by atoms with E-state index in [9.17, 15) is 4.79 Å². The van der Waals surface area contributed by atoms with E-state index in [2.05, 4.69) is 18.5 Å². The highest BCUT2D eigenvalue weighted by Gasteiger charge is 2.09. The fourth-order valence-corrected chi connectivity index (χ4v) is 1.25. The van der Waals surface area contributed by atoms with Crippen LogP contribution in [0.2, 0.25) is 0 Å². The number of ether oxygens (including phenoxy) is 1. The average molecular weight is 238 g/mol. The van der Waals surface area contributed by atoms with Crippen LogP contribution in [0, 0.1) is 0 Å². The minimum Gasteiger partial charge on any atom is -0.491 e. The molecule has 0 spiro atoms. The van der Waals surface area contributed by atoms with E-state index in [4.69, 9.17) is 10.5 Å². The average Bonchev–Trinajstić information content (AvgIpc) is 2.28. The first-order valence-corrected chi connectivity index (χ1v) is 5.53. The molecule has 0 aliphatic carbocycles. The Balaban J connectivity index is 4.38. The van der Waals surface area contributed by atoms with Crippen molar-refractivity contribution in [1.82, 2.24) is 5.32 Å². The molecule has 0 saturated carbocycles. The summed E-state index contributed by atoms with van der Waals surface area (Å²) in [6.07, 6.45) is 1.72. The fraction of sp³-hybridized carbons (Fsp3) is 0.462. The molecule has 1 unspecified atom stereocenters. The van der Waals surface area contributed by atoms with Gasteiger partial charge in [0, 0.05) is 0 Å². The lowest BCUT2D eigenvalue weighted by molar-refractivity contribution is -0.120. The van der Waals surface area contributed by atoms with Crippen LogP contribution >= 0.6 is 0 Å². The summed E-state index contributed by atoms with van der Waals surface area (Å²) < 4.78 is 5.62. The third-order valence-electron chi connectivity index (χ3n) is 2.12. The van der Waals surface area contributed by atoms with Gasteiger partial charge in [0.05, 0.1) is 12.6 Å². The Morgan fingerprint density at radius 3 is 2.53 bits per heavy atom. The quantitative estimate of drug-likeness (QED) is 0.522. The molecule has 0 heterocycles. The van der Waals surface area contributed by atoms with Gasteiger partial charge in [0.15, 0.2) is 0 Å². The molecule has 4 heteroatoms. The van der Waals surface area contributed by atoms with Crippen LogP contribution in [-0.2, 0) is 9.53 Å². The van der Waals surface area contributed by atoms with Crippen molar-refractivity contribution in [2.24, 2.45) is 5.73 Å². The maximum absolute atomic E-state index is 11.1. The van der Waals surface area contributed by atoms with Crippen LogP contribution in [0.1, 0.15) is 20.8 Å². The van der Waals surface area contributed by atoms with Crippen molar-refractivity contribution in [3.8, 4) is 0 Å². The monoisotopic (exact) mass is 238 g/mol. The molecule has 96 valence electrons. The second-order valence-electron chi connectivity index (χ2n) is 3.98. The van der Waals surface area contributed by atoms with Gasteiger partial charge in [-0.15, -0.1) is 0 Å². The molecule has 0 aromatic rings. The van der Waals surface area contributed by atoms with Crippen molar-refractivity contribution < 1.29 is 9.53 Å². The van der Waals surface area contributed by atoms with Crippen LogP contribution in [0.5, 0.6) is 0 Å². The molecule has 0 saturated heterocycles. The molecule has 4 nitrogen and oxygen atoms in total. The first-order valence-electron chi connectivity index (χ1n) is 5.53. The van der Waals surface area contributed by atoms with Gasteiger partial charge >= 0.3 is 0 Å². The zero-order valence-electron chi connectivity index (χ0n) is 10.9. The van der Waals surface area contributed by atoms with Crippen LogP contribution in [0.4, 0.5) is 0 Å². The molecule has 3 N–H and O–H groups in total. The van der Waals surface area contributed by atoms with Gasteiger partial charge in [-0.3, -0.25) is 4.79 Å². The first-order chi connectivity index (χ1) is 7.92. The zero-order chi connectivity index (χ0) is 13.4. The Morgan fingerprint density at radius 1 is 1.53 bits per heavy atom. The molecule has 0 aliphatic rings. The van der Waals surface area contributed by atoms with E-state index in [-0.39, 0.29) is 18.5 Å². The summed E-state index contributed by atoms with van der Waals surface area (Å²) in [4.78, 5) is 11.1. The van der Waals surface area contributed by atoms with E-state index < -0.39 is 0 Å². The van der Waals surface area contributed by atoms with E-state index in [1.54, 1.807) is 6.08 Å². The molecule has 0 aromatic carbocycles. The minimum absolute atomic E-state index is 0.0147. The molecule has 1 amide bonds. The first kappa shape index (κ1) is 15.4. The summed E-state index contributed by atoms with van der Waals surface area (Å²) in [5.74, 6) is 0.524. The molecule has 0 bridgehead atoms. The van der Waals surface area contributed by atoms with Gasteiger partial charge < -0.3 is 15.8 Å². The smallest absolute Gasteiger partial charge is 0.234 e. The lowest BCUT2D eigenvalue weighted by atomic mass is 10.1. The summed E-state index contributed by atoms with van der Waals surface area (Å²) in [6.45, 7) is 13.5. The van der Waals surface area contributed by atoms with Gasteiger partial charge in [-0.05, 0) is 31.9 Å². The predicted octanol–water partition coefficient (Wildman–Crippen LogP) is 1.50. The van der Waals surface area contributed by atoms with Crippen molar-refractivity contribution in [2.75, 3.05) is 13.2 Å². The number of rotatable bonds is 7. The highest BCUT2D eigenvalue weighted by atomic mass is 16.5. The second kappa shape index (κ2) is 7.68. The van der Waals surface area contributed by atoms with Crippen LogP contribution in [0.3, 0.4) is 0 Å². The van der Waals surface area contributed by atoms with Crippen LogP contribution in [0.15, 0.2) is 36.1 Å². The van der Waals surface area contributed by atoms with E-state index in [0.29, 0.717) is 12.4 Å². The third kappa shape index (κ3) is 5.92. The van der Waals surface area contributed by atoms with Gasteiger partial charge in [-0.25, -0.2) is 0 Å². The van der Waals surface area contributed by atoms with Gasteiger partial charge in [-0.2, -0.15) is 0 Å². The van der Waals surface area contributed by atoms with Crippen molar-refractivity contribution in [3.05, 3.63) is 36.1 Å². The number of nitrogens with two attached hydrogens (primary N) is 1. The Kier molecular flexibility index (Phi) is 6.98. The molecule has 17 heavy (non-hydrogen) atoms. The summed E-state index contributed by atoms with van der Waals surface area (Å²) in [5.41, 5.74) is 6.96. The summed E-state index contributed by atoms with van der Waals surface area (Å²) in [6, 6.07) is -0.0991. The van der Waals surface area contributed by atoms with Crippen LogP contribution in [0.25, 0.3) is 0 Å². The van der Waals surface area contributed by atoms with Crippen molar-refractivity contribution in [3.63, 3.8) is 0 Å². The Hall–Kier alpha value is -1.55. The van der Waals surface area contributed by atoms with Gasteiger partial charge in [0.25, 0.3) is 0 Å². The Bertz CT molecular complexity index is 332. The Labute approximate surface area is 103 Å². The lowest BCUT2D eigenvalue weighted by Gasteiger charge is -2.17. The third-order valence-corrected chi connectivity index (χ3v) is 2.12. The number of carbonyl (C=O) groups excluding carboxylic acids is 1. The van der Waals surface area contributed by atoms with Crippen LogP contribution in [-0.4, -0.2) is 25.1 Å². The molecule has 0 radical (unpaired) electrons.